The molecule has 0 radical (unpaired) electrons. The van der Waals surface area contributed by atoms with Crippen LogP contribution in [0.4, 0.5) is 8.78 Å². The number of unbranched alkanes of at least 4 members (excludes halogenated alkanes) is 1. The molecule has 0 bridgehead atoms. The van der Waals surface area contributed by atoms with Gasteiger partial charge < -0.3 is 25.6 Å². The Kier molecular flexibility index (Phi) is 8.87. The van der Waals surface area contributed by atoms with Gasteiger partial charge in [-0.3, -0.25) is 9.20 Å². The summed E-state index contributed by atoms with van der Waals surface area (Å²) < 4.78 is 39.0. The minimum atomic E-state index is -3.02. The molecule has 0 saturated heterocycles. The van der Waals surface area contributed by atoms with Crippen LogP contribution in [0.1, 0.15) is 59.2 Å². The molecule has 202 valence electrons. The van der Waals surface area contributed by atoms with Crippen molar-refractivity contribution in [1.82, 2.24) is 19.7 Å². The van der Waals surface area contributed by atoms with E-state index in [-0.39, 0.29) is 23.1 Å². The highest BCUT2D eigenvalue weighted by atomic mass is 32.1. The van der Waals surface area contributed by atoms with E-state index < -0.39 is 18.6 Å². The van der Waals surface area contributed by atoms with Crippen LogP contribution in [0.3, 0.4) is 0 Å². The lowest BCUT2D eigenvalue weighted by atomic mass is 10.1. The van der Waals surface area contributed by atoms with E-state index in [9.17, 15) is 18.7 Å². The van der Waals surface area contributed by atoms with Gasteiger partial charge >= 0.3 is 6.61 Å². The van der Waals surface area contributed by atoms with Gasteiger partial charge in [-0.1, -0.05) is 31.5 Å². The van der Waals surface area contributed by atoms with Gasteiger partial charge in [-0.25, -0.2) is 4.98 Å². The number of aliphatic hydroxyl groups excluding tert-OH is 1. The Balaban J connectivity index is 1.62. The van der Waals surface area contributed by atoms with Crippen molar-refractivity contribution in [1.29, 1.82) is 0 Å². The normalized spacial score (nSPS) is 12.3. The number of nitrogens with one attached hydrogen (secondary N) is 1. The summed E-state index contributed by atoms with van der Waals surface area (Å²) >= 11 is 1.03. The average molecular weight is 546 g/mol. The van der Waals surface area contributed by atoms with Crippen molar-refractivity contribution in [3.8, 4) is 22.3 Å². The number of hydrogen-bond donors (Lipinski definition) is 3. The fourth-order valence-corrected chi connectivity index (χ4v) is 4.77. The number of amides is 1. The van der Waals surface area contributed by atoms with E-state index in [4.69, 9.17) is 15.2 Å². The number of imidazole rings is 1. The van der Waals surface area contributed by atoms with Crippen molar-refractivity contribution < 1.29 is 28.2 Å². The topological polar surface area (TPSA) is 124 Å². The number of nitrogens with zero attached hydrogens (tertiary/aromatic N) is 3. The maximum Gasteiger partial charge on any atom is 0.387 e. The fraction of sp³-hybridized carbons (Fsp3) is 0.346. The van der Waals surface area contributed by atoms with Gasteiger partial charge in [0.15, 0.2) is 4.88 Å². The van der Waals surface area contributed by atoms with Crippen molar-refractivity contribution in [3.63, 3.8) is 0 Å². The number of aromatic nitrogens is 3. The third-order valence-electron chi connectivity index (χ3n) is 5.85. The Morgan fingerprint density at radius 2 is 2.03 bits per heavy atom. The monoisotopic (exact) mass is 545 g/mol. The molecular weight excluding hydrogens is 516 g/mol. The third kappa shape index (κ3) is 6.26. The summed E-state index contributed by atoms with van der Waals surface area (Å²) in [5.74, 6) is -0.776. The van der Waals surface area contributed by atoms with Crippen LogP contribution in [0.25, 0.3) is 16.3 Å². The van der Waals surface area contributed by atoms with E-state index in [1.807, 2.05) is 6.07 Å². The number of benzene rings is 1. The zero-order valence-corrected chi connectivity index (χ0v) is 21.8. The highest BCUT2D eigenvalue weighted by Crippen LogP contribution is 2.37. The lowest BCUT2D eigenvalue weighted by Crippen LogP contribution is -2.16. The van der Waals surface area contributed by atoms with E-state index in [2.05, 4.69) is 22.2 Å². The van der Waals surface area contributed by atoms with Crippen molar-refractivity contribution in [2.45, 2.75) is 52.6 Å². The number of aliphatic hydroxyl groups is 1. The number of fused-ring (bicyclic) bond motifs is 1. The lowest BCUT2D eigenvalue weighted by Gasteiger charge is -2.19. The Morgan fingerprint density at radius 1 is 1.24 bits per heavy atom. The van der Waals surface area contributed by atoms with Crippen LogP contribution < -0.4 is 20.5 Å². The van der Waals surface area contributed by atoms with E-state index >= 15 is 0 Å². The molecule has 1 aromatic carbocycles. The number of rotatable bonds is 13. The highest BCUT2D eigenvalue weighted by molar-refractivity contribution is 7.17. The molecule has 9 nitrogen and oxygen atoms in total. The first-order valence-corrected chi connectivity index (χ1v) is 12.9. The molecule has 12 heteroatoms. The van der Waals surface area contributed by atoms with E-state index in [1.165, 1.54) is 0 Å². The summed E-state index contributed by atoms with van der Waals surface area (Å²) in [5, 5.41) is 13.2. The van der Waals surface area contributed by atoms with E-state index in [1.54, 1.807) is 48.0 Å². The minimum Gasteiger partial charge on any atom is -0.468 e. The van der Waals surface area contributed by atoms with Crippen LogP contribution in [0.5, 0.6) is 11.6 Å². The second-order valence-electron chi connectivity index (χ2n) is 8.63. The SMILES string of the molecule is CCCCNCc1ccc([C@@H](C)Oc2nc(-c3cnc4ccc(CO)cn34)sc2C(N)=O)c(OC(F)F)c1. The van der Waals surface area contributed by atoms with Gasteiger partial charge in [0.05, 0.1) is 12.8 Å². The summed E-state index contributed by atoms with van der Waals surface area (Å²) in [5.41, 5.74) is 8.63. The summed E-state index contributed by atoms with van der Waals surface area (Å²) in [6.07, 6.45) is 4.59. The molecule has 0 aliphatic carbocycles. The zero-order valence-electron chi connectivity index (χ0n) is 21.0. The van der Waals surface area contributed by atoms with E-state index in [0.29, 0.717) is 34.0 Å². The molecule has 4 aromatic rings. The second-order valence-corrected chi connectivity index (χ2v) is 9.62. The summed E-state index contributed by atoms with van der Waals surface area (Å²) in [6.45, 7) is 1.90. The molecule has 0 spiro atoms. The highest BCUT2D eigenvalue weighted by Gasteiger charge is 2.24. The molecule has 38 heavy (non-hydrogen) atoms. The number of pyridine rings is 1. The molecule has 4 rings (SSSR count). The van der Waals surface area contributed by atoms with Gasteiger partial charge in [0.1, 0.15) is 28.2 Å². The molecule has 0 aliphatic rings. The van der Waals surface area contributed by atoms with Gasteiger partial charge in [-0.2, -0.15) is 13.8 Å². The minimum absolute atomic E-state index is 0.0170. The first-order chi connectivity index (χ1) is 18.3. The number of ether oxygens (including phenoxy) is 2. The number of primary amides is 1. The Morgan fingerprint density at radius 3 is 2.74 bits per heavy atom. The van der Waals surface area contributed by atoms with Gasteiger partial charge in [-0.05, 0) is 43.1 Å². The maximum absolute atomic E-state index is 13.2. The van der Waals surface area contributed by atoms with Crippen molar-refractivity contribution in [3.05, 3.63) is 64.3 Å². The first kappa shape index (κ1) is 27.4. The third-order valence-corrected chi connectivity index (χ3v) is 6.92. The van der Waals surface area contributed by atoms with Gasteiger partial charge in [0.25, 0.3) is 5.91 Å². The summed E-state index contributed by atoms with van der Waals surface area (Å²) in [6, 6.07) is 8.54. The van der Waals surface area contributed by atoms with Crippen molar-refractivity contribution in [2.75, 3.05) is 6.54 Å². The van der Waals surface area contributed by atoms with Crippen LogP contribution in [0.2, 0.25) is 0 Å². The number of thiazole rings is 1. The van der Waals surface area contributed by atoms with Crippen LogP contribution in [-0.4, -0.2) is 38.5 Å². The van der Waals surface area contributed by atoms with Crippen molar-refractivity contribution >= 4 is 22.9 Å². The molecule has 3 heterocycles. The largest absolute Gasteiger partial charge is 0.468 e. The average Bonchev–Trinajstić information content (AvgIpc) is 3.50. The molecular formula is C26H29F2N5O4S. The van der Waals surface area contributed by atoms with Crippen LogP contribution in [0, 0.1) is 0 Å². The van der Waals surface area contributed by atoms with Crippen LogP contribution >= 0.6 is 11.3 Å². The summed E-state index contributed by atoms with van der Waals surface area (Å²) in [4.78, 5) is 21.1. The molecule has 0 aliphatic heterocycles. The predicted molar refractivity (Wildman–Crippen MR) is 139 cm³/mol. The Bertz CT molecular complexity index is 1410. The zero-order chi connectivity index (χ0) is 27.2. The standard InChI is InChI=1S/C26H29F2N5O4S/c1-3-4-9-30-11-16-5-7-18(20(10-16)37-26(27)28)15(2)36-24-22(23(29)35)38-25(32-24)19-12-31-21-8-6-17(14-34)13-33(19)21/h5-8,10,12-13,15,26,30,34H,3-4,9,11,14H2,1-2H3,(H2,29,35)/t15-/m1/s1. The molecule has 0 unspecified atom stereocenters. The molecule has 1 atom stereocenters. The predicted octanol–water partition coefficient (Wildman–Crippen LogP) is 4.68. The van der Waals surface area contributed by atoms with Crippen LogP contribution in [-0.2, 0) is 13.2 Å². The fourth-order valence-electron chi connectivity index (χ4n) is 3.92. The number of nitrogens with two attached hydrogens (primary N) is 1. The number of alkyl halides is 2. The van der Waals surface area contributed by atoms with Gasteiger partial charge in [0, 0.05) is 18.3 Å². The summed E-state index contributed by atoms with van der Waals surface area (Å²) in [7, 11) is 0. The number of halogens is 2. The molecule has 4 N–H and O–H groups in total. The molecule has 1 amide bonds. The number of carbonyl (C=O) groups is 1. The van der Waals surface area contributed by atoms with Gasteiger partial charge in [-0.15, -0.1) is 11.3 Å². The number of carbonyl (C=O) groups excluding carboxylic acids is 1. The Hall–Kier alpha value is -3.61. The van der Waals surface area contributed by atoms with E-state index in [0.717, 1.165) is 36.3 Å². The molecule has 0 fully saturated rings. The molecule has 3 aromatic heterocycles. The maximum atomic E-state index is 13.2. The lowest BCUT2D eigenvalue weighted by molar-refractivity contribution is -0.0513. The Labute approximate surface area is 222 Å². The number of hydrogen-bond acceptors (Lipinski definition) is 8. The van der Waals surface area contributed by atoms with Crippen molar-refractivity contribution in [2.24, 2.45) is 5.73 Å². The second kappa shape index (κ2) is 12.3. The van der Waals surface area contributed by atoms with Crippen LogP contribution in [0.15, 0.2) is 42.7 Å². The molecule has 0 saturated carbocycles. The van der Waals surface area contributed by atoms with Gasteiger partial charge in [0.2, 0.25) is 5.88 Å². The smallest absolute Gasteiger partial charge is 0.387 e. The quantitative estimate of drug-likeness (QED) is 0.208. The first-order valence-electron chi connectivity index (χ1n) is 12.1.